The van der Waals surface area contributed by atoms with Gasteiger partial charge in [0, 0.05) is 11.6 Å². The Labute approximate surface area is 74.8 Å². The highest BCUT2D eigenvalue weighted by Gasteiger charge is 2.04. The number of fused-ring (bicyclic) bond motifs is 1. The summed E-state index contributed by atoms with van der Waals surface area (Å²) in [5.74, 6) is 0. The van der Waals surface area contributed by atoms with Crippen LogP contribution in [-0.4, -0.2) is 11.0 Å². The largest absolute Gasteiger partial charge is 0.288 e. The molecule has 3 heteroatoms. The number of carbonyl (C=O) groups is 1. The second-order valence-corrected chi connectivity index (χ2v) is 2.68. The SMILES string of the molecule is N#Cc1cccc2ccn(C=O)c12. The minimum absolute atomic E-state index is 0.523. The van der Waals surface area contributed by atoms with Crippen LogP contribution in [0.4, 0.5) is 0 Å². The number of benzene rings is 1. The van der Waals surface area contributed by atoms with E-state index < -0.39 is 0 Å². The maximum atomic E-state index is 10.6. The van der Waals surface area contributed by atoms with Gasteiger partial charge in [0.1, 0.15) is 6.07 Å². The van der Waals surface area contributed by atoms with Crippen molar-refractivity contribution in [1.82, 2.24) is 4.57 Å². The molecule has 2 rings (SSSR count). The van der Waals surface area contributed by atoms with Gasteiger partial charge in [-0.25, -0.2) is 0 Å². The van der Waals surface area contributed by atoms with Crippen LogP contribution in [0.15, 0.2) is 30.5 Å². The highest BCUT2D eigenvalue weighted by atomic mass is 16.1. The molecule has 1 heterocycles. The molecule has 2 aromatic rings. The molecule has 0 radical (unpaired) electrons. The molecule has 0 aliphatic rings. The van der Waals surface area contributed by atoms with E-state index in [-0.39, 0.29) is 0 Å². The number of para-hydroxylation sites is 1. The minimum Gasteiger partial charge on any atom is -0.288 e. The molecule has 0 aliphatic carbocycles. The highest BCUT2D eigenvalue weighted by molar-refractivity contribution is 5.89. The van der Waals surface area contributed by atoms with E-state index in [0.717, 1.165) is 5.39 Å². The van der Waals surface area contributed by atoms with Gasteiger partial charge in [-0.05, 0) is 12.1 Å². The van der Waals surface area contributed by atoms with Gasteiger partial charge >= 0.3 is 0 Å². The second-order valence-electron chi connectivity index (χ2n) is 2.68. The summed E-state index contributed by atoms with van der Waals surface area (Å²) < 4.78 is 1.41. The number of hydrogen-bond acceptors (Lipinski definition) is 2. The Morgan fingerprint density at radius 3 is 2.92 bits per heavy atom. The van der Waals surface area contributed by atoms with Crippen molar-refractivity contribution in [2.45, 2.75) is 0 Å². The summed E-state index contributed by atoms with van der Waals surface area (Å²) in [5, 5.41) is 9.70. The average Bonchev–Trinajstić information content (AvgIpc) is 2.60. The number of rotatable bonds is 1. The summed E-state index contributed by atoms with van der Waals surface area (Å²) >= 11 is 0. The van der Waals surface area contributed by atoms with Gasteiger partial charge in [-0.2, -0.15) is 5.26 Å². The van der Waals surface area contributed by atoms with Gasteiger partial charge in [-0.3, -0.25) is 9.36 Å². The maximum Gasteiger partial charge on any atom is 0.218 e. The van der Waals surface area contributed by atoms with Crippen molar-refractivity contribution in [3.05, 3.63) is 36.0 Å². The first kappa shape index (κ1) is 7.56. The van der Waals surface area contributed by atoms with E-state index in [2.05, 4.69) is 6.07 Å². The molecule has 0 saturated heterocycles. The van der Waals surface area contributed by atoms with Crippen LogP contribution < -0.4 is 0 Å². The van der Waals surface area contributed by atoms with Gasteiger partial charge in [0.05, 0.1) is 11.1 Å². The summed E-state index contributed by atoms with van der Waals surface area (Å²) in [6.07, 6.45) is 2.35. The van der Waals surface area contributed by atoms with E-state index >= 15 is 0 Å². The topological polar surface area (TPSA) is 45.8 Å². The Bertz CT molecular complexity index is 505. The van der Waals surface area contributed by atoms with Crippen molar-refractivity contribution in [2.75, 3.05) is 0 Å². The zero-order valence-electron chi connectivity index (χ0n) is 6.77. The van der Waals surface area contributed by atoms with Crippen molar-refractivity contribution in [3.8, 4) is 6.07 Å². The summed E-state index contributed by atoms with van der Waals surface area (Å²) in [6, 6.07) is 9.23. The van der Waals surface area contributed by atoms with Crippen molar-refractivity contribution in [3.63, 3.8) is 0 Å². The van der Waals surface area contributed by atoms with Gasteiger partial charge in [-0.1, -0.05) is 12.1 Å². The lowest BCUT2D eigenvalue weighted by Gasteiger charge is -1.96. The van der Waals surface area contributed by atoms with Crippen LogP contribution in [0.25, 0.3) is 10.9 Å². The Kier molecular flexibility index (Phi) is 1.60. The third-order valence-corrected chi connectivity index (χ3v) is 1.97. The molecule has 0 spiro atoms. The van der Waals surface area contributed by atoms with Crippen molar-refractivity contribution in [1.29, 1.82) is 5.26 Å². The predicted octanol–water partition coefficient (Wildman–Crippen LogP) is 1.55. The number of carbonyl (C=O) groups excluding carboxylic acids is 1. The van der Waals surface area contributed by atoms with Crippen LogP contribution in [0, 0.1) is 11.3 Å². The number of aromatic nitrogens is 1. The Morgan fingerprint density at radius 2 is 2.23 bits per heavy atom. The van der Waals surface area contributed by atoms with Crippen molar-refractivity contribution in [2.24, 2.45) is 0 Å². The Morgan fingerprint density at radius 1 is 1.38 bits per heavy atom. The predicted molar refractivity (Wildman–Crippen MR) is 48.8 cm³/mol. The number of nitriles is 1. The van der Waals surface area contributed by atoms with Gasteiger partial charge in [0.15, 0.2) is 0 Å². The fraction of sp³-hybridized carbons (Fsp3) is 0. The average molecular weight is 170 g/mol. The van der Waals surface area contributed by atoms with E-state index in [1.54, 1.807) is 18.3 Å². The van der Waals surface area contributed by atoms with Crippen LogP contribution in [0.5, 0.6) is 0 Å². The minimum atomic E-state index is 0.523. The zero-order valence-corrected chi connectivity index (χ0v) is 6.77. The molecular weight excluding hydrogens is 164 g/mol. The number of nitrogens with zero attached hydrogens (tertiary/aromatic N) is 2. The summed E-state index contributed by atoms with van der Waals surface area (Å²) in [5.41, 5.74) is 1.20. The Hall–Kier alpha value is -2.08. The smallest absolute Gasteiger partial charge is 0.218 e. The molecule has 13 heavy (non-hydrogen) atoms. The number of hydrogen-bond donors (Lipinski definition) is 0. The van der Waals surface area contributed by atoms with E-state index in [9.17, 15) is 4.79 Å². The van der Waals surface area contributed by atoms with Crippen LogP contribution in [0.1, 0.15) is 5.56 Å². The fourth-order valence-corrected chi connectivity index (χ4v) is 1.40. The molecule has 1 aromatic carbocycles. The first-order valence-electron chi connectivity index (χ1n) is 3.82. The fourth-order valence-electron chi connectivity index (χ4n) is 1.40. The van der Waals surface area contributed by atoms with Crippen LogP contribution in [0.2, 0.25) is 0 Å². The maximum absolute atomic E-state index is 10.6. The van der Waals surface area contributed by atoms with Gasteiger partial charge in [0.25, 0.3) is 0 Å². The van der Waals surface area contributed by atoms with Crippen molar-refractivity contribution < 1.29 is 4.79 Å². The first-order chi connectivity index (χ1) is 6.36. The second kappa shape index (κ2) is 2.76. The lowest BCUT2D eigenvalue weighted by atomic mass is 10.2. The molecule has 0 N–H and O–H groups in total. The molecule has 1 aromatic heterocycles. The molecule has 0 fully saturated rings. The molecule has 0 unspecified atom stereocenters. The Balaban J connectivity index is 2.93. The summed E-state index contributed by atoms with van der Waals surface area (Å²) in [7, 11) is 0. The lowest BCUT2D eigenvalue weighted by molar-refractivity contribution is 0.549. The van der Waals surface area contributed by atoms with E-state index in [4.69, 9.17) is 5.26 Å². The van der Waals surface area contributed by atoms with Crippen molar-refractivity contribution >= 4 is 17.3 Å². The van der Waals surface area contributed by atoms with E-state index in [0.29, 0.717) is 17.5 Å². The normalized spacial score (nSPS) is 9.77. The third-order valence-electron chi connectivity index (χ3n) is 1.97. The first-order valence-corrected chi connectivity index (χ1v) is 3.82. The standard InChI is InChI=1S/C10H6N2O/c11-6-9-3-1-2-8-4-5-12(7-13)10(8)9/h1-5,7H. The lowest BCUT2D eigenvalue weighted by Crippen LogP contribution is -1.93. The van der Waals surface area contributed by atoms with Crippen LogP contribution in [0.3, 0.4) is 0 Å². The molecule has 0 amide bonds. The summed E-state index contributed by atoms with van der Waals surface area (Å²) in [6.45, 7) is 0. The van der Waals surface area contributed by atoms with E-state index in [1.807, 2.05) is 12.1 Å². The van der Waals surface area contributed by atoms with Gasteiger partial charge < -0.3 is 0 Å². The van der Waals surface area contributed by atoms with Gasteiger partial charge in [0.2, 0.25) is 6.41 Å². The van der Waals surface area contributed by atoms with Crippen LogP contribution in [-0.2, 0) is 4.79 Å². The van der Waals surface area contributed by atoms with Gasteiger partial charge in [-0.15, -0.1) is 0 Å². The molecule has 0 saturated carbocycles. The van der Waals surface area contributed by atoms with Crippen LogP contribution >= 0.6 is 0 Å². The molecule has 62 valence electrons. The third kappa shape index (κ3) is 1.00. The molecule has 0 aliphatic heterocycles. The molecule has 0 bridgehead atoms. The molecular formula is C10H6N2O. The monoisotopic (exact) mass is 170 g/mol. The van der Waals surface area contributed by atoms with E-state index in [1.165, 1.54) is 4.57 Å². The summed E-state index contributed by atoms with van der Waals surface area (Å²) in [4.78, 5) is 10.6. The molecule has 3 nitrogen and oxygen atoms in total. The quantitative estimate of drug-likeness (QED) is 0.609. The highest BCUT2D eigenvalue weighted by Crippen LogP contribution is 2.18. The zero-order chi connectivity index (χ0) is 9.26. The molecule has 0 atom stereocenters.